The molecule has 1 atom stereocenters. The number of nitrogens with one attached hydrogen (secondary N) is 2. The third kappa shape index (κ3) is 3.70. The van der Waals surface area contributed by atoms with Crippen LogP contribution in [0.3, 0.4) is 0 Å². The van der Waals surface area contributed by atoms with Crippen molar-refractivity contribution in [1.82, 2.24) is 15.1 Å². The molecule has 5 amide bonds. The number of amides is 5. The van der Waals surface area contributed by atoms with E-state index in [9.17, 15) is 19.2 Å². The number of anilines is 1. The first kappa shape index (κ1) is 19.8. The first-order chi connectivity index (χ1) is 13.8. The number of amidine groups is 1. The molecular formula is C19H19N6O4+. The van der Waals surface area contributed by atoms with Crippen molar-refractivity contribution in [1.29, 1.82) is 0 Å². The molecule has 0 spiro atoms. The third-order valence-corrected chi connectivity index (χ3v) is 4.48. The number of carbonyl (C=O) groups excluding carboxylic acids is 4. The summed E-state index contributed by atoms with van der Waals surface area (Å²) in [6, 6.07) is 4.94. The number of benzene rings is 1. The lowest BCUT2D eigenvalue weighted by atomic mass is 10.1. The van der Waals surface area contributed by atoms with Crippen LogP contribution in [-0.2, 0) is 9.59 Å². The summed E-state index contributed by atoms with van der Waals surface area (Å²) in [5, 5.41) is 5.09. The van der Waals surface area contributed by atoms with Gasteiger partial charge in [-0.1, -0.05) is 18.1 Å². The molecule has 10 heteroatoms. The fraction of sp³-hybridized carbons (Fsp3) is 0.263. The van der Waals surface area contributed by atoms with Gasteiger partial charge in [0.05, 0.1) is 24.8 Å². The van der Waals surface area contributed by atoms with Crippen LogP contribution >= 0.6 is 0 Å². The molecule has 0 bridgehead atoms. The van der Waals surface area contributed by atoms with Crippen molar-refractivity contribution in [2.75, 3.05) is 32.5 Å². The van der Waals surface area contributed by atoms with Gasteiger partial charge in [0.15, 0.2) is 0 Å². The predicted molar refractivity (Wildman–Crippen MR) is 105 cm³/mol. The van der Waals surface area contributed by atoms with E-state index in [2.05, 4.69) is 21.5 Å². The van der Waals surface area contributed by atoms with Crippen molar-refractivity contribution < 1.29 is 23.8 Å². The van der Waals surface area contributed by atoms with Crippen molar-refractivity contribution in [3.8, 4) is 12.3 Å². The van der Waals surface area contributed by atoms with Crippen LogP contribution in [-0.4, -0.2) is 83.5 Å². The van der Waals surface area contributed by atoms with E-state index in [1.807, 2.05) is 0 Å². The fourth-order valence-electron chi connectivity index (χ4n) is 3.04. The number of carbonyl (C=O) groups is 4. The van der Waals surface area contributed by atoms with Gasteiger partial charge in [-0.05, 0) is 17.1 Å². The zero-order chi connectivity index (χ0) is 21.1. The van der Waals surface area contributed by atoms with Crippen LogP contribution in [0.2, 0.25) is 0 Å². The highest BCUT2D eigenvalue weighted by Crippen LogP contribution is 2.18. The Bertz CT molecular complexity index is 1010. The SMILES string of the molecule is C#CCNC(=O)c1ccccc1NC(=O)CN1C(=O)C2C(=NC=[N+]2C)N(C)C1=O. The number of para-hydroxylation sites is 1. The molecule has 0 aromatic heterocycles. The summed E-state index contributed by atoms with van der Waals surface area (Å²) in [7, 11) is 3.15. The molecule has 2 aliphatic rings. The van der Waals surface area contributed by atoms with E-state index in [0.717, 1.165) is 4.90 Å². The van der Waals surface area contributed by atoms with Gasteiger partial charge < -0.3 is 10.6 Å². The fourth-order valence-corrected chi connectivity index (χ4v) is 3.04. The van der Waals surface area contributed by atoms with Gasteiger partial charge in [0.1, 0.15) is 6.54 Å². The van der Waals surface area contributed by atoms with E-state index in [1.165, 1.54) is 24.4 Å². The average molecular weight is 395 g/mol. The third-order valence-electron chi connectivity index (χ3n) is 4.48. The van der Waals surface area contributed by atoms with Gasteiger partial charge in [-0.15, -0.1) is 6.42 Å². The second-order valence-corrected chi connectivity index (χ2v) is 6.42. The number of fused-ring (bicyclic) bond motifs is 1. The molecule has 148 valence electrons. The Morgan fingerprint density at radius 1 is 1.31 bits per heavy atom. The van der Waals surface area contributed by atoms with E-state index in [4.69, 9.17) is 6.42 Å². The monoisotopic (exact) mass is 395 g/mol. The molecule has 1 unspecified atom stereocenters. The number of hydrogen-bond acceptors (Lipinski definition) is 5. The van der Waals surface area contributed by atoms with Gasteiger partial charge in [-0.2, -0.15) is 0 Å². The highest BCUT2D eigenvalue weighted by molar-refractivity contribution is 6.22. The number of aliphatic imine (C=N–C) groups is 1. The summed E-state index contributed by atoms with van der Waals surface area (Å²) in [4.78, 5) is 56.2. The molecule has 2 heterocycles. The molecule has 1 saturated heterocycles. The van der Waals surface area contributed by atoms with E-state index >= 15 is 0 Å². The van der Waals surface area contributed by atoms with Crippen LogP contribution in [0.5, 0.6) is 0 Å². The maximum Gasteiger partial charge on any atom is 0.334 e. The van der Waals surface area contributed by atoms with Gasteiger partial charge in [0.2, 0.25) is 5.91 Å². The topological polar surface area (TPSA) is 114 Å². The number of imide groups is 1. The standard InChI is InChI=1S/C19H18N6O4/c1-4-9-20-17(27)12-7-5-6-8-13(12)22-14(26)10-25-18(28)15-16(21-11-23(15)2)24(3)19(25)29/h1,5-8,11,15H,9-10H2,2-3H3,(H-,20,22,26,27)/p+1. The predicted octanol–water partition coefficient (Wildman–Crippen LogP) is -0.667. The smallest absolute Gasteiger partial charge is 0.334 e. The minimum atomic E-state index is -0.757. The largest absolute Gasteiger partial charge is 0.341 e. The van der Waals surface area contributed by atoms with Gasteiger partial charge >= 0.3 is 6.03 Å². The summed E-state index contributed by atoms with van der Waals surface area (Å²) >= 11 is 0. The van der Waals surface area contributed by atoms with Crippen LogP contribution in [0.1, 0.15) is 10.4 Å². The van der Waals surface area contributed by atoms with E-state index in [0.29, 0.717) is 5.84 Å². The molecule has 10 nitrogen and oxygen atoms in total. The molecule has 0 saturated carbocycles. The maximum atomic E-state index is 12.7. The Morgan fingerprint density at radius 3 is 2.76 bits per heavy atom. The van der Waals surface area contributed by atoms with Crippen LogP contribution in [0.4, 0.5) is 10.5 Å². The molecule has 1 aromatic carbocycles. The number of likely N-dealkylation sites (N-methyl/N-ethyl adjacent to an activating group) is 2. The van der Waals surface area contributed by atoms with Crippen molar-refractivity contribution in [2.45, 2.75) is 6.04 Å². The summed E-state index contributed by atoms with van der Waals surface area (Å²) < 4.78 is 1.57. The number of rotatable bonds is 5. The summed E-state index contributed by atoms with van der Waals surface area (Å²) in [5.41, 5.74) is 0.454. The number of terminal acetylenes is 1. The Kier molecular flexibility index (Phi) is 5.40. The Morgan fingerprint density at radius 2 is 2.03 bits per heavy atom. The maximum absolute atomic E-state index is 12.7. The number of urea groups is 1. The van der Waals surface area contributed by atoms with Crippen molar-refractivity contribution >= 4 is 41.6 Å². The lowest BCUT2D eigenvalue weighted by Crippen LogP contribution is -2.63. The van der Waals surface area contributed by atoms with Gasteiger partial charge in [-0.3, -0.25) is 24.2 Å². The Labute approximate surface area is 166 Å². The Hall–Kier alpha value is -4.00. The van der Waals surface area contributed by atoms with E-state index < -0.39 is 36.3 Å². The minimum Gasteiger partial charge on any atom is -0.341 e. The van der Waals surface area contributed by atoms with Crippen molar-refractivity contribution in [3.05, 3.63) is 29.8 Å². The molecule has 1 fully saturated rings. The quantitative estimate of drug-likeness (QED) is 0.509. The van der Waals surface area contributed by atoms with E-state index in [-0.39, 0.29) is 17.8 Å². The van der Waals surface area contributed by atoms with Gasteiger partial charge in [-0.25, -0.2) is 9.37 Å². The zero-order valence-electron chi connectivity index (χ0n) is 15.9. The second-order valence-electron chi connectivity index (χ2n) is 6.42. The minimum absolute atomic E-state index is 0.0417. The van der Waals surface area contributed by atoms with Crippen LogP contribution < -0.4 is 10.6 Å². The highest BCUT2D eigenvalue weighted by atomic mass is 16.2. The van der Waals surface area contributed by atoms with Crippen LogP contribution in [0, 0.1) is 12.3 Å². The second kappa shape index (κ2) is 7.93. The van der Waals surface area contributed by atoms with Crippen LogP contribution in [0.25, 0.3) is 0 Å². The molecular weight excluding hydrogens is 376 g/mol. The Balaban J connectivity index is 1.75. The molecule has 1 aromatic rings. The van der Waals surface area contributed by atoms with Gasteiger partial charge in [0, 0.05) is 7.05 Å². The van der Waals surface area contributed by atoms with Gasteiger partial charge in [0.25, 0.3) is 30.0 Å². The summed E-state index contributed by atoms with van der Waals surface area (Å²) in [6.07, 6.45) is 6.59. The highest BCUT2D eigenvalue weighted by Gasteiger charge is 2.51. The lowest BCUT2D eigenvalue weighted by molar-refractivity contribution is -0.500. The number of hydrogen-bond donors (Lipinski definition) is 2. The average Bonchev–Trinajstić information content (AvgIpc) is 3.10. The molecule has 29 heavy (non-hydrogen) atoms. The molecule has 2 N–H and O–H groups in total. The molecule has 3 rings (SSSR count). The van der Waals surface area contributed by atoms with Crippen molar-refractivity contribution in [2.24, 2.45) is 4.99 Å². The first-order valence-electron chi connectivity index (χ1n) is 8.67. The van der Waals surface area contributed by atoms with Crippen LogP contribution in [0.15, 0.2) is 29.3 Å². The number of nitrogens with zero attached hydrogens (tertiary/aromatic N) is 4. The van der Waals surface area contributed by atoms with E-state index in [1.54, 1.807) is 29.8 Å². The summed E-state index contributed by atoms with van der Waals surface area (Å²) in [6.45, 7) is -0.458. The van der Waals surface area contributed by atoms with Crippen molar-refractivity contribution in [3.63, 3.8) is 0 Å². The molecule has 0 radical (unpaired) electrons. The molecule has 0 aliphatic carbocycles. The summed E-state index contributed by atoms with van der Waals surface area (Å²) in [5.74, 6) is 0.994. The first-order valence-corrected chi connectivity index (χ1v) is 8.67. The zero-order valence-corrected chi connectivity index (χ0v) is 15.9. The lowest BCUT2D eigenvalue weighted by Gasteiger charge is -2.32. The normalized spacial score (nSPS) is 17.9. The molecule has 2 aliphatic heterocycles.